The molecule has 2 rings (SSSR count). The Kier molecular flexibility index (Phi) is 5.55. The summed E-state index contributed by atoms with van der Waals surface area (Å²) in [6.45, 7) is 0. The van der Waals surface area contributed by atoms with Gasteiger partial charge in [-0.15, -0.1) is 0 Å². The fourth-order valence-electron chi connectivity index (χ4n) is 2.09. The highest BCUT2D eigenvalue weighted by atomic mass is 35.5. The minimum absolute atomic E-state index is 0.0612. The first-order valence-corrected chi connectivity index (χ1v) is 7.36. The monoisotopic (exact) mass is 316 g/mol. The van der Waals surface area contributed by atoms with Crippen LogP contribution < -0.4 is 11.1 Å². The van der Waals surface area contributed by atoms with Crippen molar-refractivity contribution in [2.45, 2.75) is 19.3 Å². The summed E-state index contributed by atoms with van der Waals surface area (Å²) >= 11 is 5.92. The molecule has 2 aromatic carbocycles. The fourth-order valence-corrected chi connectivity index (χ4v) is 2.30. The molecule has 4 nitrogen and oxygen atoms in total. The van der Waals surface area contributed by atoms with E-state index in [-0.39, 0.29) is 5.91 Å². The van der Waals surface area contributed by atoms with Crippen LogP contribution in [0.1, 0.15) is 28.8 Å². The molecule has 0 bridgehead atoms. The van der Waals surface area contributed by atoms with E-state index in [0.717, 1.165) is 18.4 Å². The van der Waals surface area contributed by atoms with Crippen LogP contribution in [-0.2, 0) is 11.2 Å². The van der Waals surface area contributed by atoms with E-state index >= 15 is 0 Å². The number of benzene rings is 2. The zero-order valence-electron chi connectivity index (χ0n) is 12.0. The molecule has 0 saturated carbocycles. The number of hydrogen-bond acceptors (Lipinski definition) is 2. The molecule has 2 amide bonds. The number of rotatable bonds is 6. The lowest BCUT2D eigenvalue weighted by Gasteiger charge is -2.06. The first-order valence-electron chi connectivity index (χ1n) is 6.99. The van der Waals surface area contributed by atoms with Crippen molar-refractivity contribution in [3.63, 3.8) is 0 Å². The van der Waals surface area contributed by atoms with Crippen molar-refractivity contribution in [3.8, 4) is 0 Å². The van der Waals surface area contributed by atoms with Gasteiger partial charge < -0.3 is 11.1 Å². The summed E-state index contributed by atoms with van der Waals surface area (Å²) in [4.78, 5) is 22.8. The van der Waals surface area contributed by atoms with Crippen molar-refractivity contribution in [2.75, 3.05) is 5.32 Å². The Bertz CT molecular complexity index is 669. The summed E-state index contributed by atoms with van der Waals surface area (Å²) in [5.41, 5.74) is 7.34. The molecule has 0 atom stereocenters. The van der Waals surface area contributed by atoms with E-state index in [1.807, 2.05) is 24.3 Å². The number of carbonyl (C=O) groups is 2. The van der Waals surface area contributed by atoms with Crippen molar-refractivity contribution < 1.29 is 9.59 Å². The smallest absolute Gasteiger partial charge is 0.248 e. The number of hydrogen-bond donors (Lipinski definition) is 2. The molecule has 0 unspecified atom stereocenters. The lowest BCUT2D eigenvalue weighted by atomic mass is 10.1. The highest BCUT2D eigenvalue weighted by Gasteiger charge is 2.04. The van der Waals surface area contributed by atoms with Crippen LogP contribution in [0.3, 0.4) is 0 Å². The van der Waals surface area contributed by atoms with Gasteiger partial charge >= 0.3 is 0 Å². The minimum atomic E-state index is -0.487. The molecule has 22 heavy (non-hydrogen) atoms. The molecule has 0 aliphatic carbocycles. The maximum absolute atomic E-state index is 11.9. The molecule has 0 aromatic heterocycles. The molecule has 0 radical (unpaired) electrons. The third-order valence-electron chi connectivity index (χ3n) is 3.21. The Balaban J connectivity index is 1.79. The predicted molar refractivity (Wildman–Crippen MR) is 88.0 cm³/mol. The Morgan fingerprint density at radius 1 is 1.09 bits per heavy atom. The summed E-state index contributed by atoms with van der Waals surface area (Å²) in [7, 11) is 0. The predicted octanol–water partition coefficient (Wildman–Crippen LogP) is 3.40. The fraction of sp³-hybridized carbons (Fsp3) is 0.176. The van der Waals surface area contributed by atoms with Crippen LogP contribution in [0.5, 0.6) is 0 Å². The Labute approximate surface area is 134 Å². The number of amides is 2. The highest BCUT2D eigenvalue weighted by molar-refractivity contribution is 6.30. The molecule has 0 aliphatic rings. The first kappa shape index (κ1) is 16.0. The van der Waals surface area contributed by atoms with E-state index in [1.165, 1.54) is 0 Å². The van der Waals surface area contributed by atoms with Gasteiger partial charge in [-0.3, -0.25) is 9.59 Å². The van der Waals surface area contributed by atoms with Gasteiger partial charge in [0.1, 0.15) is 0 Å². The quantitative estimate of drug-likeness (QED) is 0.857. The van der Waals surface area contributed by atoms with Crippen LogP contribution in [0.25, 0.3) is 0 Å². The molecule has 0 aliphatic heterocycles. The molecule has 0 spiro atoms. The second-order valence-corrected chi connectivity index (χ2v) is 5.41. The van der Waals surface area contributed by atoms with Crippen LogP contribution in [0, 0.1) is 0 Å². The van der Waals surface area contributed by atoms with Gasteiger partial charge in [0.2, 0.25) is 11.8 Å². The van der Waals surface area contributed by atoms with E-state index in [0.29, 0.717) is 22.7 Å². The maximum atomic E-state index is 11.9. The largest absolute Gasteiger partial charge is 0.366 e. The number of nitrogens with one attached hydrogen (secondary N) is 1. The SMILES string of the molecule is NC(=O)c1ccc(NC(=O)CCCc2cccc(Cl)c2)cc1. The second kappa shape index (κ2) is 7.61. The summed E-state index contributed by atoms with van der Waals surface area (Å²) in [5.74, 6) is -0.548. The lowest BCUT2D eigenvalue weighted by Crippen LogP contribution is -2.13. The number of primary amides is 1. The van der Waals surface area contributed by atoms with Gasteiger partial charge in [-0.2, -0.15) is 0 Å². The zero-order valence-corrected chi connectivity index (χ0v) is 12.8. The molecule has 0 heterocycles. The van der Waals surface area contributed by atoms with Crippen LogP contribution in [0.2, 0.25) is 5.02 Å². The third-order valence-corrected chi connectivity index (χ3v) is 3.45. The maximum Gasteiger partial charge on any atom is 0.248 e. The van der Waals surface area contributed by atoms with Gasteiger partial charge in [0.05, 0.1) is 0 Å². The zero-order chi connectivity index (χ0) is 15.9. The van der Waals surface area contributed by atoms with Crippen LogP contribution in [0.4, 0.5) is 5.69 Å². The van der Waals surface area contributed by atoms with Crippen molar-refractivity contribution in [1.29, 1.82) is 0 Å². The summed E-state index contributed by atoms with van der Waals surface area (Å²) in [6, 6.07) is 14.1. The third kappa shape index (κ3) is 4.90. The average Bonchev–Trinajstić information content (AvgIpc) is 2.48. The van der Waals surface area contributed by atoms with E-state index < -0.39 is 5.91 Å². The standard InChI is InChI=1S/C17H17ClN2O2/c18-14-5-1-3-12(11-14)4-2-6-16(21)20-15-9-7-13(8-10-15)17(19)22/h1,3,5,7-11H,2,4,6H2,(H2,19,22)(H,20,21). The van der Waals surface area contributed by atoms with Gasteiger partial charge in [0.25, 0.3) is 0 Å². The van der Waals surface area contributed by atoms with Crippen LogP contribution >= 0.6 is 11.6 Å². The van der Waals surface area contributed by atoms with Crippen molar-refractivity contribution >= 4 is 29.1 Å². The number of halogens is 1. The molecule has 3 N–H and O–H groups in total. The summed E-state index contributed by atoms with van der Waals surface area (Å²) < 4.78 is 0. The van der Waals surface area contributed by atoms with Crippen molar-refractivity contribution in [2.24, 2.45) is 5.73 Å². The van der Waals surface area contributed by atoms with Gasteiger partial charge in [-0.05, 0) is 54.8 Å². The van der Waals surface area contributed by atoms with E-state index in [2.05, 4.69) is 5.32 Å². The average molecular weight is 317 g/mol. The Hall–Kier alpha value is -2.33. The van der Waals surface area contributed by atoms with Crippen LogP contribution in [0.15, 0.2) is 48.5 Å². The molecule has 114 valence electrons. The van der Waals surface area contributed by atoms with E-state index in [1.54, 1.807) is 24.3 Å². The lowest BCUT2D eigenvalue weighted by molar-refractivity contribution is -0.116. The van der Waals surface area contributed by atoms with E-state index in [4.69, 9.17) is 17.3 Å². The number of carbonyl (C=O) groups excluding carboxylic acids is 2. The topological polar surface area (TPSA) is 72.2 Å². The minimum Gasteiger partial charge on any atom is -0.366 e. The van der Waals surface area contributed by atoms with Crippen molar-refractivity contribution in [1.82, 2.24) is 0 Å². The van der Waals surface area contributed by atoms with Gasteiger partial charge in [-0.25, -0.2) is 0 Å². The van der Waals surface area contributed by atoms with E-state index in [9.17, 15) is 9.59 Å². The highest BCUT2D eigenvalue weighted by Crippen LogP contribution is 2.14. The Morgan fingerprint density at radius 3 is 2.45 bits per heavy atom. The molecular weight excluding hydrogens is 300 g/mol. The van der Waals surface area contributed by atoms with Gasteiger partial charge in [0.15, 0.2) is 0 Å². The van der Waals surface area contributed by atoms with Gasteiger partial charge in [0, 0.05) is 22.7 Å². The molecule has 2 aromatic rings. The number of anilines is 1. The van der Waals surface area contributed by atoms with Crippen LogP contribution in [-0.4, -0.2) is 11.8 Å². The number of nitrogens with two attached hydrogens (primary N) is 1. The van der Waals surface area contributed by atoms with Gasteiger partial charge in [-0.1, -0.05) is 23.7 Å². The van der Waals surface area contributed by atoms with Crippen molar-refractivity contribution in [3.05, 3.63) is 64.7 Å². The number of aryl methyl sites for hydroxylation is 1. The molecule has 5 heteroatoms. The first-order chi connectivity index (χ1) is 10.5. The molecule has 0 saturated heterocycles. The second-order valence-electron chi connectivity index (χ2n) is 4.97. The molecule has 0 fully saturated rings. The molecular formula is C17H17ClN2O2. The summed E-state index contributed by atoms with van der Waals surface area (Å²) in [5, 5.41) is 3.49. The Morgan fingerprint density at radius 2 is 1.82 bits per heavy atom. The normalized spacial score (nSPS) is 10.2. The summed E-state index contributed by atoms with van der Waals surface area (Å²) in [6.07, 6.45) is 1.96.